The molecule has 2 atom stereocenters. The third kappa shape index (κ3) is 1.90. The minimum absolute atomic E-state index is 0.0465. The summed E-state index contributed by atoms with van der Waals surface area (Å²) in [7, 11) is 0. The molecule has 1 aromatic rings. The molecular formula is C17H20FN. The number of halogens is 1. The molecule has 1 nitrogen and oxygen atoms in total. The van der Waals surface area contributed by atoms with E-state index in [0.29, 0.717) is 11.8 Å². The second-order valence-corrected chi connectivity index (χ2v) is 6.23. The van der Waals surface area contributed by atoms with E-state index in [4.69, 9.17) is 0 Å². The molecule has 0 fully saturated rings. The van der Waals surface area contributed by atoms with E-state index in [-0.39, 0.29) is 11.2 Å². The lowest BCUT2D eigenvalue weighted by Gasteiger charge is -2.38. The molecule has 2 aliphatic carbocycles. The van der Waals surface area contributed by atoms with Gasteiger partial charge in [0.1, 0.15) is 5.82 Å². The number of allylic oxidation sites excluding steroid dienone is 2. The molecule has 1 aromatic heterocycles. The number of aromatic nitrogens is 1. The second kappa shape index (κ2) is 4.22. The summed E-state index contributed by atoms with van der Waals surface area (Å²) < 4.78 is 13.7. The summed E-state index contributed by atoms with van der Waals surface area (Å²) in [6.07, 6.45) is 7.62. The quantitative estimate of drug-likeness (QED) is 0.657. The van der Waals surface area contributed by atoms with Crippen LogP contribution in [-0.2, 0) is 5.41 Å². The first kappa shape index (κ1) is 12.5. The standard InChI is InChI=1S/C17H20FN/c1-11-9-14(18)5-4-8-19-16-12-6-7-13(10-12)17(2,3)15(11)16/h4-9,12-13,19H,10H2,1-3H3. The fraction of sp³-hybridized carbons (Fsp3) is 0.412. The summed E-state index contributed by atoms with van der Waals surface area (Å²) in [4.78, 5) is 3.39. The average Bonchev–Trinajstić information content (AvgIpc) is 2.78. The summed E-state index contributed by atoms with van der Waals surface area (Å²) in [5.41, 5.74) is 3.59. The number of nitrogens with one attached hydrogen (secondary N) is 1. The molecule has 2 unspecified atom stereocenters. The summed E-state index contributed by atoms with van der Waals surface area (Å²) in [6, 6.07) is 4.88. The molecule has 1 heterocycles. The average molecular weight is 257 g/mol. The Labute approximate surface area is 113 Å². The molecule has 0 saturated carbocycles. The molecule has 2 aliphatic rings. The molecular weight excluding hydrogens is 237 g/mol. The molecule has 0 radical (unpaired) electrons. The Kier molecular flexibility index (Phi) is 2.77. The molecule has 1 N–H and O–H groups in total. The summed E-state index contributed by atoms with van der Waals surface area (Å²) >= 11 is 0. The molecule has 2 bridgehead atoms. The van der Waals surface area contributed by atoms with Crippen LogP contribution in [0, 0.1) is 18.7 Å². The van der Waals surface area contributed by atoms with Gasteiger partial charge in [-0.1, -0.05) is 26.0 Å². The number of H-pyrrole nitrogens is 1. The zero-order valence-corrected chi connectivity index (χ0v) is 11.7. The van der Waals surface area contributed by atoms with Gasteiger partial charge in [-0.2, -0.15) is 0 Å². The second-order valence-electron chi connectivity index (χ2n) is 6.23. The minimum Gasteiger partial charge on any atom is -0.364 e. The van der Waals surface area contributed by atoms with Crippen molar-refractivity contribution >= 4 is 0 Å². The van der Waals surface area contributed by atoms with Gasteiger partial charge in [0.15, 0.2) is 0 Å². The highest BCUT2D eigenvalue weighted by Gasteiger charge is 2.42. The Morgan fingerprint density at radius 3 is 2.89 bits per heavy atom. The van der Waals surface area contributed by atoms with Gasteiger partial charge in [-0.15, -0.1) is 0 Å². The number of aryl methyl sites for hydroxylation is 1. The normalized spacial score (nSPS) is 25.9. The predicted octanol–water partition coefficient (Wildman–Crippen LogP) is 4.54. The Morgan fingerprint density at radius 1 is 1.32 bits per heavy atom. The fourth-order valence-electron chi connectivity index (χ4n) is 3.67. The lowest BCUT2D eigenvalue weighted by molar-refractivity contribution is 0.337. The third-order valence-electron chi connectivity index (χ3n) is 4.63. The van der Waals surface area contributed by atoms with Crippen LogP contribution in [0.5, 0.6) is 0 Å². The zero-order chi connectivity index (χ0) is 13.6. The van der Waals surface area contributed by atoms with Crippen molar-refractivity contribution in [2.75, 3.05) is 0 Å². The molecule has 19 heavy (non-hydrogen) atoms. The van der Waals surface area contributed by atoms with E-state index >= 15 is 0 Å². The van der Waals surface area contributed by atoms with Gasteiger partial charge in [-0.25, -0.2) is 4.39 Å². The van der Waals surface area contributed by atoms with Crippen LogP contribution < -0.4 is 0 Å². The highest BCUT2D eigenvalue weighted by molar-refractivity contribution is 5.44. The maximum atomic E-state index is 13.7. The number of aromatic amines is 1. The molecule has 100 valence electrons. The monoisotopic (exact) mass is 257 g/mol. The molecule has 0 saturated heterocycles. The van der Waals surface area contributed by atoms with E-state index < -0.39 is 0 Å². The van der Waals surface area contributed by atoms with Crippen LogP contribution in [0.25, 0.3) is 0 Å². The predicted molar refractivity (Wildman–Crippen MR) is 76.1 cm³/mol. The van der Waals surface area contributed by atoms with E-state index in [1.807, 2.05) is 13.1 Å². The van der Waals surface area contributed by atoms with E-state index in [0.717, 1.165) is 12.0 Å². The van der Waals surface area contributed by atoms with Gasteiger partial charge in [-0.05, 0) is 54.0 Å². The van der Waals surface area contributed by atoms with Crippen molar-refractivity contribution in [3.63, 3.8) is 0 Å². The number of rotatable bonds is 0. The molecule has 0 aromatic carbocycles. The number of fused-ring (bicyclic) bond motifs is 4. The highest BCUT2D eigenvalue weighted by atomic mass is 19.1. The number of hydrogen-bond donors (Lipinski definition) is 1. The summed E-state index contributed by atoms with van der Waals surface area (Å²) in [5.74, 6) is 0.811. The molecule has 2 heteroatoms. The van der Waals surface area contributed by atoms with Gasteiger partial charge >= 0.3 is 0 Å². The van der Waals surface area contributed by atoms with E-state index in [2.05, 4.69) is 31.0 Å². The van der Waals surface area contributed by atoms with Crippen molar-refractivity contribution < 1.29 is 4.39 Å². The van der Waals surface area contributed by atoms with Crippen LogP contribution in [-0.4, -0.2) is 4.98 Å². The Morgan fingerprint density at radius 2 is 2.11 bits per heavy atom. The lowest BCUT2D eigenvalue weighted by atomic mass is 9.66. The largest absolute Gasteiger partial charge is 0.364 e. The first-order valence-electron chi connectivity index (χ1n) is 6.90. The third-order valence-corrected chi connectivity index (χ3v) is 4.63. The zero-order valence-electron chi connectivity index (χ0n) is 11.7. The van der Waals surface area contributed by atoms with Crippen molar-refractivity contribution in [1.82, 2.24) is 4.98 Å². The van der Waals surface area contributed by atoms with E-state index in [1.54, 1.807) is 12.1 Å². The van der Waals surface area contributed by atoms with Gasteiger partial charge in [0.25, 0.3) is 0 Å². The van der Waals surface area contributed by atoms with Gasteiger partial charge in [0.2, 0.25) is 0 Å². The maximum absolute atomic E-state index is 13.7. The van der Waals surface area contributed by atoms with Gasteiger partial charge in [-0.3, -0.25) is 0 Å². The first-order valence-corrected chi connectivity index (χ1v) is 6.90. The van der Waals surface area contributed by atoms with Gasteiger partial charge < -0.3 is 4.98 Å². The van der Waals surface area contributed by atoms with Crippen molar-refractivity contribution in [2.45, 2.75) is 38.5 Å². The van der Waals surface area contributed by atoms with Crippen LogP contribution >= 0.6 is 0 Å². The molecule has 0 spiro atoms. The molecule has 3 rings (SSSR count). The van der Waals surface area contributed by atoms with Crippen molar-refractivity contribution in [3.05, 3.63) is 59.2 Å². The van der Waals surface area contributed by atoms with Crippen LogP contribution in [0.15, 0.2) is 36.5 Å². The minimum atomic E-state index is -0.189. The SMILES string of the molecule is Cc1cc(F)ccc[nH]c2c1C(C)(C)C1C=CC2C1. The van der Waals surface area contributed by atoms with Crippen molar-refractivity contribution in [3.8, 4) is 0 Å². The highest BCUT2D eigenvalue weighted by Crippen LogP contribution is 2.50. The Hall–Kier alpha value is -1.57. The number of hydrogen-bond acceptors (Lipinski definition) is 0. The van der Waals surface area contributed by atoms with Gasteiger partial charge in [0.05, 0.1) is 0 Å². The molecule has 0 amide bonds. The van der Waals surface area contributed by atoms with E-state index in [9.17, 15) is 4.39 Å². The van der Waals surface area contributed by atoms with Gasteiger partial charge in [0, 0.05) is 17.8 Å². The van der Waals surface area contributed by atoms with Crippen molar-refractivity contribution in [2.24, 2.45) is 5.92 Å². The fourth-order valence-corrected chi connectivity index (χ4v) is 3.67. The maximum Gasteiger partial charge on any atom is 0.123 e. The van der Waals surface area contributed by atoms with E-state index in [1.165, 1.54) is 17.3 Å². The van der Waals surface area contributed by atoms with Crippen LogP contribution in [0.2, 0.25) is 0 Å². The molecule has 0 aliphatic heterocycles. The van der Waals surface area contributed by atoms with Crippen molar-refractivity contribution in [1.29, 1.82) is 0 Å². The Balaban J connectivity index is 2.38. The summed E-state index contributed by atoms with van der Waals surface area (Å²) in [5, 5.41) is 0. The van der Waals surface area contributed by atoms with Crippen LogP contribution in [0.1, 0.15) is 43.0 Å². The topological polar surface area (TPSA) is 15.8 Å². The smallest absolute Gasteiger partial charge is 0.123 e. The Bertz CT molecular complexity index is 593. The van der Waals surface area contributed by atoms with Crippen LogP contribution in [0.4, 0.5) is 4.39 Å². The first-order chi connectivity index (χ1) is 9.00. The summed E-state index contributed by atoms with van der Waals surface area (Å²) in [6.45, 7) is 6.55. The lowest BCUT2D eigenvalue weighted by Crippen LogP contribution is -2.32. The van der Waals surface area contributed by atoms with Crippen LogP contribution in [0.3, 0.4) is 0 Å².